The summed E-state index contributed by atoms with van der Waals surface area (Å²) >= 11 is 0. The molecule has 0 saturated carbocycles. The fourth-order valence-corrected chi connectivity index (χ4v) is 4.97. The number of nitrogens with zero attached hydrogens (tertiary/aromatic N) is 2. The van der Waals surface area contributed by atoms with Gasteiger partial charge in [0.25, 0.3) is 0 Å². The van der Waals surface area contributed by atoms with E-state index in [1.54, 1.807) is 57.5 Å². The second-order valence-electron chi connectivity index (χ2n) is 9.09. The first kappa shape index (κ1) is 24.6. The van der Waals surface area contributed by atoms with E-state index in [1.807, 2.05) is 11.0 Å². The number of halogens is 1. The molecule has 0 aliphatic carbocycles. The predicted molar refractivity (Wildman–Crippen MR) is 141 cm³/mol. The first-order valence-corrected chi connectivity index (χ1v) is 12.1. The Labute approximate surface area is 214 Å². The van der Waals surface area contributed by atoms with Gasteiger partial charge in [-0.25, -0.2) is 4.39 Å². The number of piperazine rings is 1. The Balaban J connectivity index is 1.45. The number of ether oxygens (including phenoxy) is 2. The van der Waals surface area contributed by atoms with E-state index in [0.717, 1.165) is 0 Å². The zero-order valence-electron chi connectivity index (χ0n) is 21.1. The van der Waals surface area contributed by atoms with Crippen molar-refractivity contribution >= 4 is 16.7 Å². The second-order valence-corrected chi connectivity index (χ2v) is 9.09. The molecule has 0 bridgehead atoms. The van der Waals surface area contributed by atoms with Gasteiger partial charge in [-0.3, -0.25) is 9.69 Å². The number of hydrogen-bond donors (Lipinski definition) is 1. The number of anilines is 1. The van der Waals surface area contributed by atoms with Crippen molar-refractivity contribution in [1.29, 1.82) is 0 Å². The van der Waals surface area contributed by atoms with E-state index in [9.17, 15) is 14.3 Å². The number of benzene rings is 3. The van der Waals surface area contributed by atoms with E-state index in [-0.39, 0.29) is 17.0 Å². The van der Waals surface area contributed by atoms with Crippen LogP contribution in [0.3, 0.4) is 0 Å². The number of aryl methyl sites for hydroxylation is 1. The lowest BCUT2D eigenvalue weighted by Crippen LogP contribution is -2.46. The Hall–Kier alpha value is -4.04. The number of fused-ring (bicyclic) bond motifs is 1. The summed E-state index contributed by atoms with van der Waals surface area (Å²) in [6.07, 6.45) is 0. The minimum Gasteiger partial charge on any atom is -0.507 e. The van der Waals surface area contributed by atoms with Crippen molar-refractivity contribution in [2.75, 3.05) is 45.3 Å². The molecule has 37 heavy (non-hydrogen) atoms. The summed E-state index contributed by atoms with van der Waals surface area (Å²) in [6, 6.07) is 15.2. The number of methoxy groups -OCH3 is 2. The average molecular weight is 505 g/mol. The molecule has 1 aliphatic heterocycles. The van der Waals surface area contributed by atoms with Crippen LogP contribution in [0, 0.1) is 12.7 Å². The fourth-order valence-electron chi connectivity index (χ4n) is 4.97. The van der Waals surface area contributed by atoms with Crippen LogP contribution in [-0.2, 0) is 6.54 Å². The van der Waals surface area contributed by atoms with Crippen molar-refractivity contribution in [3.8, 4) is 28.4 Å². The summed E-state index contributed by atoms with van der Waals surface area (Å²) < 4.78 is 31.1. The van der Waals surface area contributed by atoms with Crippen LogP contribution in [0.15, 0.2) is 63.8 Å². The van der Waals surface area contributed by atoms with Gasteiger partial charge in [0, 0.05) is 32.7 Å². The van der Waals surface area contributed by atoms with Crippen LogP contribution in [0.5, 0.6) is 17.2 Å². The summed E-state index contributed by atoms with van der Waals surface area (Å²) in [7, 11) is 3.10. The second kappa shape index (κ2) is 10.1. The molecule has 3 aromatic carbocycles. The molecule has 1 saturated heterocycles. The highest BCUT2D eigenvalue weighted by molar-refractivity contribution is 5.87. The highest BCUT2D eigenvalue weighted by Crippen LogP contribution is 2.35. The van der Waals surface area contributed by atoms with Crippen molar-refractivity contribution < 1.29 is 23.4 Å². The number of para-hydroxylation sites is 1. The van der Waals surface area contributed by atoms with Crippen molar-refractivity contribution in [3.05, 3.63) is 82.0 Å². The fraction of sp³-hybridized carbons (Fsp3) is 0.276. The Morgan fingerprint density at radius 3 is 2.41 bits per heavy atom. The SMILES string of the molecule is COc1ccc(-c2c(C)oc3c(CN4CCN(c5ccccc5F)CC4)c(O)ccc3c2=O)cc1OC. The summed E-state index contributed by atoms with van der Waals surface area (Å²) in [5, 5.41) is 11.1. The molecule has 5 rings (SSSR count). The quantitative estimate of drug-likeness (QED) is 0.398. The van der Waals surface area contributed by atoms with Gasteiger partial charge >= 0.3 is 0 Å². The molecule has 0 radical (unpaired) electrons. The van der Waals surface area contributed by atoms with E-state index < -0.39 is 0 Å². The van der Waals surface area contributed by atoms with E-state index in [4.69, 9.17) is 13.9 Å². The number of phenols is 1. The highest BCUT2D eigenvalue weighted by atomic mass is 19.1. The van der Waals surface area contributed by atoms with E-state index in [0.29, 0.717) is 83.3 Å². The summed E-state index contributed by atoms with van der Waals surface area (Å²) in [5.74, 6) is 1.37. The van der Waals surface area contributed by atoms with Crippen LogP contribution in [0.25, 0.3) is 22.1 Å². The standard InChI is InChI=1S/C29H29FN2O5/c1-18-27(19-8-11-25(35-2)26(16-19)36-3)28(34)20-9-10-24(33)21(29(20)37-18)17-31-12-14-32(15-13-31)23-7-5-4-6-22(23)30/h4-11,16,33H,12-15,17H2,1-3H3. The highest BCUT2D eigenvalue weighted by Gasteiger charge is 2.23. The summed E-state index contributed by atoms with van der Waals surface area (Å²) in [6.45, 7) is 4.81. The number of rotatable bonds is 6. The molecule has 0 atom stereocenters. The van der Waals surface area contributed by atoms with E-state index in [1.165, 1.54) is 12.1 Å². The van der Waals surface area contributed by atoms with Crippen LogP contribution >= 0.6 is 0 Å². The molecular formula is C29H29FN2O5. The zero-order chi connectivity index (χ0) is 26.1. The molecule has 8 heteroatoms. The summed E-state index contributed by atoms with van der Waals surface area (Å²) in [4.78, 5) is 17.8. The minimum atomic E-state index is -0.231. The van der Waals surface area contributed by atoms with Gasteiger partial charge in [-0.1, -0.05) is 18.2 Å². The van der Waals surface area contributed by atoms with Gasteiger partial charge in [-0.2, -0.15) is 0 Å². The maximum atomic E-state index is 14.2. The topological polar surface area (TPSA) is 75.4 Å². The van der Waals surface area contributed by atoms with E-state index in [2.05, 4.69) is 4.90 Å². The van der Waals surface area contributed by atoms with Gasteiger partial charge in [-0.15, -0.1) is 0 Å². The molecule has 0 spiro atoms. The first-order chi connectivity index (χ1) is 17.9. The molecule has 1 N–H and O–H groups in total. The van der Waals surface area contributed by atoms with Crippen LogP contribution < -0.4 is 19.8 Å². The largest absolute Gasteiger partial charge is 0.507 e. The normalized spacial score (nSPS) is 14.2. The predicted octanol–water partition coefficient (Wildman–Crippen LogP) is 4.95. The molecular weight excluding hydrogens is 475 g/mol. The zero-order valence-corrected chi connectivity index (χ0v) is 21.1. The lowest BCUT2D eigenvalue weighted by atomic mass is 10.00. The van der Waals surface area contributed by atoms with E-state index >= 15 is 0 Å². The number of phenolic OH excluding ortho intramolecular Hbond substituents is 1. The molecule has 0 unspecified atom stereocenters. The molecule has 2 heterocycles. The average Bonchev–Trinajstić information content (AvgIpc) is 2.91. The summed E-state index contributed by atoms with van der Waals surface area (Å²) in [5.41, 5.74) is 2.45. The van der Waals surface area contributed by atoms with Gasteiger partial charge in [0.1, 0.15) is 22.9 Å². The van der Waals surface area contributed by atoms with Crippen molar-refractivity contribution in [1.82, 2.24) is 4.90 Å². The van der Waals surface area contributed by atoms with Crippen LogP contribution in [0.4, 0.5) is 10.1 Å². The van der Waals surface area contributed by atoms with Gasteiger partial charge in [-0.05, 0) is 48.9 Å². The Morgan fingerprint density at radius 1 is 0.973 bits per heavy atom. The van der Waals surface area contributed by atoms with Crippen LogP contribution in [-0.4, -0.2) is 50.4 Å². The molecule has 1 fully saturated rings. The van der Waals surface area contributed by atoms with Crippen molar-refractivity contribution in [2.45, 2.75) is 13.5 Å². The van der Waals surface area contributed by atoms with Crippen molar-refractivity contribution in [3.63, 3.8) is 0 Å². The van der Waals surface area contributed by atoms with Crippen molar-refractivity contribution in [2.24, 2.45) is 0 Å². The lowest BCUT2D eigenvalue weighted by molar-refractivity contribution is 0.246. The maximum Gasteiger partial charge on any atom is 0.200 e. The Kier molecular flexibility index (Phi) is 6.76. The smallest absolute Gasteiger partial charge is 0.200 e. The first-order valence-electron chi connectivity index (χ1n) is 12.1. The Bertz CT molecular complexity index is 1510. The molecule has 7 nitrogen and oxygen atoms in total. The lowest BCUT2D eigenvalue weighted by Gasteiger charge is -2.36. The van der Waals surface area contributed by atoms with Crippen LogP contribution in [0.2, 0.25) is 0 Å². The molecule has 4 aromatic rings. The molecule has 1 aliphatic rings. The van der Waals surface area contributed by atoms with Gasteiger partial charge in [0.2, 0.25) is 5.43 Å². The molecule has 0 amide bonds. The third-order valence-corrected chi connectivity index (χ3v) is 6.93. The monoisotopic (exact) mass is 504 g/mol. The third-order valence-electron chi connectivity index (χ3n) is 6.93. The molecule has 1 aromatic heterocycles. The van der Waals surface area contributed by atoms with Gasteiger partial charge < -0.3 is 23.9 Å². The third kappa shape index (κ3) is 4.60. The van der Waals surface area contributed by atoms with Crippen LogP contribution in [0.1, 0.15) is 11.3 Å². The van der Waals surface area contributed by atoms with Gasteiger partial charge in [0.05, 0.1) is 36.4 Å². The minimum absolute atomic E-state index is 0.0745. The maximum absolute atomic E-state index is 14.2. The molecule has 192 valence electrons. The number of hydrogen-bond acceptors (Lipinski definition) is 7. The number of aromatic hydroxyl groups is 1. The van der Waals surface area contributed by atoms with Gasteiger partial charge in [0.15, 0.2) is 11.5 Å². The Morgan fingerprint density at radius 2 is 1.70 bits per heavy atom.